The number of benzene rings is 1. The minimum atomic E-state index is -1.13. The van der Waals surface area contributed by atoms with Gasteiger partial charge in [-0.3, -0.25) is 19.3 Å². The van der Waals surface area contributed by atoms with Crippen LogP contribution in [0.3, 0.4) is 0 Å². The van der Waals surface area contributed by atoms with Crippen LogP contribution in [0.15, 0.2) is 29.2 Å². The Labute approximate surface area is 154 Å². The molecule has 1 atom stereocenters. The Morgan fingerprint density at radius 2 is 2.08 bits per heavy atom. The summed E-state index contributed by atoms with van der Waals surface area (Å²) in [5, 5.41) is 8.87. The van der Waals surface area contributed by atoms with Gasteiger partial charge >= 0.3 is 5.97 Å². The van der Waals surface area contributed by atoms with E-state index in [-0.39, 0.29) is 10.1 Å². The molecule has 2 rings (SSSR count). The number of hydrogen-bond donors (Lipinski definition) is 1. The second kappa shape index (κ2) is 8.26. The molecule has 132 valence electrons. The van der Waals surface area contributed by atoms with E-state index in [0.717, 1.165) is 16.7 Å². The SMILES string of the molecule is CCC(Oc1ccccc1/C=C1\SC(=S)N(CC(=O)O)C1=O)C(C)=O. The summed E-state index contributed by atoms with van der Waals surface area (Å²) in [6, 6.07) is 7.03. The zero-order valence-corrected chi connectivity index (χ0v) is 15.4. The molecule has 0 aromatic heterocycles. The van der Waals surface area contributed by atoms with Crippen molar-refractivity contribution in [1.29, 1.82) is 0 Å². The molecule has 6 nitrogen and oxygen atoms in total. The zero-order chi connectivity index (χ0) is 18.6. The highest BCUT2D eigenvalue weighted by Crippen LogP contribution is 2.34. The molecule has 0 aliphatic carbocycles. The summed E-state index contributed by atoms with van der Waals surface area (Å²) in [5.41, 5.74) is 0.623. The topological polar surface area (TPSA) is 83.9 Å². The standard InChI is InChI=1S/C17H17NO5S2/c1-3-12(10(2)19)23-13-7-5-4-6-11(13)8-14-16(22)18(9-15(20)21)17(24)25-14/h4-8,12H,3,9H2,1-2H3,(H,20,21)/b14-8-. The predicted octanol–water partition coefficient (Wildman–Crippen LogP) is 2.72. The second-order valence-corrected chi connectivity index (χ2v) is 7.00. The Kier molecular flexibility index (Phi) is 6.33. The van der Waals surface area contributed by atoms with Crippen molar-refractivity contribution < 1.29 is 24.2 Å². The Hall–Kier alpha value is -2.19. The highest BCUT2D eigenvalue weighted by atomic mass is 32.2. The number of carbonyl (C=O) groups excluding carboxylic acids is 2. The quantitative estimate of drug-likeness (QED) is 0.576. The molecule has 1 fully saturated rings. The van der Waals surface area contributed by atoms with E-state index in [9.17, 15) is 14.4 Å². The number of nitrogens with zero attached hydrogens (tertiary/aromatic N) is 1. The molecule has 0 saturated carbocycles. The Morgan fingerprint density at radius 1 is 1.40 bits per heavy atom. The van der Waals surface area contributed by atoms with E-state index in [4.69, 9.17) is 22.1 Å². The van der Waals surface area contributed by atoms with Crippen LogP contribution >= 0.6 is 24.0 Å². The van der Waals surface area contributed by atoms with Crippen LogP contribution in [0.4, 0.5) is 0 Å². The average Bonchev–Trinajstić information content (AvgIpc) is 2.80. The number of thiocarbonyl (C=S) groups is 1. The molecule has 8 heteroatoms. The van der Waals surface area contributed by atoms with E-state index in [2.05, 4.69) is 0 Å². The van der Waals surface area contributed by atoms with Gasteiger partial charge in [0.1, 0.15) is 16.6 Å². The summed E-state index contributed by atoms with van der Waals surface area (Å²) in [6.07, 6.45) is 1.57. The number of ether oxygens (including phenoxy) is 1. The number of carboxylic acids is 1. The number of amides is 1. The number of ketones is 1. The van der Waals surface area contributed by atoms with Crippen LogP contribution in [0.1, 0.15) is 25.8 Å². The maximum Gasteiger partial charge on any atom is 0.323 e. The van der Waals surface area contributed by atoms with Gasteiger partial charge < -0.3 is 9.84 Å². The fourth-order valence-electron chi connectivity index (χ4n) is 2.23. The summed E-state index contributed by atoms with van der Waals surface area (Å²) in [7, 11) is 0. The predicted molar refractivity (Wildman–Crippen MR) is 99.3 cm³/mol. The fourth-order valence-corrected chi connectivity index (χ4v) is 3.47. The van der Waals surface area contributed by atoms with E-state index in [0.29, 0.717) is 22.6 Å². The molecule has 0 bridgehead atoms. The van der Waals surface area contributed by atoms with Gasteiger partial charge in [-0.15, -0.1) is 0 Å². The number of hydrogen-bond acceptors (Lipinski definition) is 6. The van der Waals surface area contributed by atoms with Crippen molar-refractivity contribution in [2.45, 2.75) is 26.4 Å². The number of carboxylic acid groups (broad SMARTS) is 1. The van der Waals surface area contributed by atoms with Crippen molar-refractivity contribution >= 4 is 52.0 Å². The second-order valence-electron chi connectivity index (χ2n) is 5.32. The molecule has 1 aromatic carbocycles. The highest BCUT2D eigenvalue weighted by molar-refractivity contribution is 8.26. The number of carbonyl (C=O) groups is 3. The number of para-hydroxylation sites is 1. The largest absolute Gasteiger partial charge is 0.482 e. The first-order valence-corrected chi connectivity index (χ1v) is 8.79. The van der Waals surface area contributed by atoms with Crippen molar-refractivity contribution in [3.05, 3.63) is 34.7 Å². The lowest BCUT2D eigenvalue weighted by molar-refractivity contribution is -0.140. The van der Waals surface area contributed by atoms with Crippen LogP contribution in [-0.4, -0.2) is 44.6 Å². The number of rotatable bonds is 7. The van der Waals surface area contributed by atoms with Gasteiger partial charge in [-0.2, -0.15) is 0 Å². The Balaban J connectivity index is 2.29. The van der Waals surface area contributed by atoms with Crippen LogP contribution < -0.4 is 4.74 Å². The lowest BCUT2D eigenvalue weighted by Gasteiger charge is -2.16. The van der Waals surface area contributed by atoms with Crippen molar-refractivity contribution in [2.75, 3.05) is 6.54 Å². The third-order valence-corrected chi connectivity index (χ3v) is 4.84. The van der Waals surface area contributed by atoms with E-state index >= 15 is 0 Å². The average molecular weight is 379 g/mol. The lowest BCUT2D eigenvalue weighted by atomic mass is 10.1. The van der Waals surface area contributed by atoms with E-state index in [1.54, 1.807) is 30.3 Å². The Bertz CT molecular complexity index is 759. The first kappa shape index (κ1) is 19.1. The molecule has 1 aliphatic rings. The fraction of sp³-hybridized carbons (Fsp3) is 0.294. The van der Waals surface area contributed by atoms with Crippen LogP contribution in [0.25, 0.3) is 6.08 Å². The van der Waals surface area contributed by atoms with Crippen LogP contribution in [0, 0.1) is 0 Å². The monoisotopic (exact) mass is 379 g/mol. The number of thioether (sulfide) groups is 1. The zero-order valence-electron chi connectivity index (χ0n) is 13.7. The summed E-state index contributed by atoms with van der Waals surface area (Å²) in [5.74, 6) is -1.18. The van der Waals surface area contributed by atoms with Crippen molar-refractivity contribution in [3.8, 4) is 5.75 Å². The van der Waals surface area contributed by atoms with Gasteiger partial charge in [-0.1, -0.05) is 49.1 Å². The molecule has 1 aliphatic heterocycles. The normalized spacial score (nSPS) is 17.0. The maximum absolute atomic E-state index is 12.3. The van der Waals surface area contributed by atoms with Crippen molar-refractivity contribution in [3.63, 3.8) is 0 Å². The highest BCUT2D eigenvalue weighted by Gasteiger charge is 2.33. The minimum Gasteiger partial charge on any atom is -0.482 e. The van der Waals surface area contributed by atoms with Gasteiger partial charge in [0, 0.05) is 5.56 Å². The molecule has 0 spiro atoms. The molecule has 25 heavy (non-hydrogen) atoms. The summed E-state index contributed by atoms with van der Waals surface area (Å²) in [6.45, 7) is 2.85. The molecular weight excluding hydrogens is 362 g/mol. The first-order chi connectivity index (χ1) is 11.8. The number of Topliss-reactive ketones (excluding diaryl/α,β-unsaturated/α-hetero) is 1. The van der Waals surface area contributed by atoms with Gasteiger partial charge in [-0.25, -0.2) is 0 Å². The van der Waals surface area contributed by atoms with Crippen LogP contribution in [-0.2, 0) is 14.4 Å². The molecule has 1 saturated heterocycles. The van der Waals surface area contributed by atoms with Crippen LogP contribution in [0.5, 0.6) is 5.75 Å². The number of aliphatic carboxylic acids is 1. The molecule has 1 heterocycles. The van der Waals surface area contributed by atoms with Crippen LogP contribution in [0.2, 0.25) is 0 Å². The third kappa shape index (κ3) is 4.67. The van der Waals surface area contributed by atoms with Gasteiger partial charge in [0.15, 0.2) is 11.9 Å². The maximum atomic E-state index is 12.3. The summed E-state index contributed by atoms with van der Waals surface area (Å²) >= 11 is 6.11. The lowest BCUT2D eigenvalue weighted by Crippen LogP contribution is -2.33. The summed E-state index contributed by atoms with van der Waals surface area (Å²) in [4.78, 5) is 36.2. The van der Waals surface area contributed by atoms with E-state index in [1.165, 1.54) is 6.92 Å². The minimum absolute atomic E-state index is 0.0786. The molecule has 1 aromatic rings. The van der Waals surface area contributed by atoms with Gasteiger partial charge in [-0.05, 0) is 25.5 Å². The van der Waals surface area contributed by atoms with Crippen molar-refractivity contribution in [1.82, 2.24) is 4.90 Å². The van der Waals surface area contributed by atoms with Gasteiger partial charge in [0.2, 0.25) is 0 Å². The molecule has 1 unspecified atom stereocenters. The van der Waals surface area contributed by atoms with E-state index in [1.807, 2.05) is 6.92 Å². The molecular formula is C17H17NO5S2. The van der Waals surface area contributed by atoms with E-state index < -0.39 is 24.5 Å². The van der Waals surface area contributed by atoms with Crippen molar-refractivity contribution in [2.24, 2.45) is 0 Å². The first-order valence-electron chi connectivity index (χ1n) is 7.56. The Morgan fingerprint density at radius 3 is 2.68 bits per heavy atom. The molecule has 1 N–H and O–H groups in total. The summed E-state index contributed by atoms with van der Waals surface area (Å²) < 4.78 is 5.97. The molecule has 1 amide bonds. The van der Waals surface area contributed by atoms with Gasteiger partial charge in [0.05, 0.1) is 4.91 Å². The smallest absolute Gasteiger partial charge is 0.323 e. The van der Waals surface area contributed by atoms with Gasteiger partial charge in [0.25, 0.3) is 5.91 Å². The third-order valence-electron chi connectivity index (χ3n) is 3.47. The molecule has 0 radical (unpaired) electrons.